The van der Waals surface area contributed by atoms with E-state index in [1.54, 1.807) is 13.0 Å². The van der Waals surface area contributed by atoms with Gasteiger partial charge < -0.3 is 0 Å². The molecular weight excluding hydrogens is 136 g/mol. The third-order valence-electron chi connectivity index (χ3n) is 1.33. The SMILES string of the molecule is C/C=C/CCC/C=C/C(C)=O. The molecule has 0 rings (SSSR count). The minimum atomic E-state index is 0.135. The fraction of sp³-hybridized carbons (Fsp3) is 0.500. The van der Waals surface area contributed by atoms with E-state index in [1.807, 2.05) is 13.0 Å². The zero-order chi connectivity index (χ0) is 8.53. The van der Waals surface area contributed by atoms with Crippen LogP contribution >= 0.6 is 0 Å². The second-order valence-corrected chi connectivity index (χ2v) is 2.51. The normalized spacial score (nSPS) is 11.5. The maximum atomic E-state index is 10.4. The molecule has 0 aromatic heterocycles. The molecule has 0 aromatic rings. The highest BCUT2D eigenvalue weighted by Crippen LogP contribution is 1.97. The number of rotatable bonds is 5. The van der Waals surface area contributed by atoms with Crippen LogP contribution in [0.25, 0.3) is 0 Å². The summed E-state index contributed by atoms with van der Waals surface area (Å²) in [7, 11) is 0. The van der Waals surface area contributed by atoms with Crippen LogP contribution in [0.1, 0.15) is 33.1 Å². The van der Waals surface area contributed by atoms with Gasteiger partial charge in [0, 0.05) is 0 Å². The third kappa shape index (κ3) is 9.15. The van der Waals surface area contributed by atoms with E-state index in [-0.39, 0.29) is 5.78 Å². The minimum absolute atomic E-state index is 0.135. The van der Waals surface area contributed by atoms with Crippen LogP contribution in [0.15, 0.2) is 24.3 Å². The van der Waals surface area contributed by atoms with E-state index in [4.69, 9.17) is 0 Å². The van der Waals surface area contributed by atoms with Gasteiger partial charge in [-0.3, -0.25) is 4.79 Å². The first-order valence-corrected chi connectivity index (χ1v) is 4.05. The summed E-state index contributed by atoms with van der Waals surface area (Å²) in [5.74, 6) is 0.135. The Morgan fingerprint density at radius 2 is 1.91 bits per heavy atom. The van der Waals surface area contributed by atoms with Crippen LogP contribution in [0.4, 0.5) is 0 Å². The molecule has 0 aliphatic heterocycles. The highest BCUT2D eigenvalue weighted by atomic mass is 16.1. The fourth-order valence-electron chi connectivity index (χ4n) is 0.770. The Balaban J connectivity index is 3.20. The average Bonchev–Trinajstić information content (AvgIpc) is 1.96. The molecule has 62 valence electrons. The lowest BCUT2D eigenvalue weighted by atomic mass is 10.2. The molecule has 0 spiro atoms. The largest absolute Gasteiger partial charge is 0.295 e. The lowest BCUT2D eigenvalue weighted by Gasteiger charge is -1.87. The number of carbonyl (C=O) groups excluding carboxylic acids is 1. The molecule has 0 heterocycles. The van der Waals surface area contributed by atoms with Crippen LogP contribution < -0.4 is 0 Å². The van der Waals surface area contributed by atoms with Crippen molar-refractivity contribution < 1.29 is 4.79 Å². The average molecular weight is 152 g/mol. The Hall–Kier alpha value is -0.850. The molecule has 0 aliphatic carbocycles. The van der Waals surface area contributed by atoms with Crippen molar-refractivity contribution in [2.45, 2.75) is 33.1 Å². The summed E-state index contributed by atoms with van der Waals surface area (Å²) in [5.41, 5.74) is 0. The van der Waals surface area contributed by atoms with E-state index in [0.29, 0.717) is 0 Å². The first-order chi connectivity index (χ1) is 5.27. The Bertz CT molecular complexity index is 154. The Morgan fingerprint density at radius 1 is 1.27 bits per heavy atom. The van der Waals surface area contributed by atoms with Crippen molar-refractivity contribution in [2.24, 2.45) is 0 Å². The fourth-order valence-corrected chi connectivity index (χ4v) is 0.770. The quantitative estimate of drug-likeness (QED) is 0.336. The zero-order valence-corrected chi connectivity index (χ0v) is 7.34. The van der Waals surface area contributed by atoms with Gasteiger partial charge in [0.05, 0.1) is 0 Å². The van der Waals surface area contributed by atoms with E-state index in [2.05, 4.69) is 12.2 Å². The topological polar surface area (TPSA) is 17.1 Å². The number of carbonyl (C=O) groups is 1. The monoisotopic (exact) mass is 152 g/mol. The summed E-state index contributed by atoms with van der Waals surface area (Å²) < 4.78 is 0. The summed E-state index contributed by atoms with van der Waals surface area (Å²) in [4.78, 5) is 10.4. The van der Waals surface area contributed by atoms with Crippen LogP contribution in [0.5, 0.6) is 0 Å². The van der Waals surface area contributed by atoms with Gasteiger partial charge in [-0.1, -0.05) is 18.2 Å². The number of hydrogen-bond acceptors (Lipinski definition) is 1. The first-order valence-electron chi connectivity index (χ1n) is 4.05. The molecule has 0 radical (unpaired) electrons. The van der Waals surface area contributed by atoms with Crippen molar-refractivity contribution in [1.82, 2.24) is 0 Å². The van der Waals surface area contributed by atoms with Gasteiger partial charge in [0.1, 0.15) is 0 Å². The van der Waals surface area contributed by atoms with Crippen molar-refractivity contribution in [3.63, 3.8) is 0 Å². The highest BCUT2D eigenvalue weighted by molar-refractivity contribution is 5.87. The molecule has 0 fully saturated rings. The first kappa shape index (κ1) is 10.2. The van der Waals surface area contributed by atoms with Crippen LogP contribution in [0.3, 0.4) is 0 Å². The minimum Gasteiger partial charge on any atom is -0.295 e. The number of hydrogen-bond donors (Lipinski definition) is 0. The molecule has 11 heavy (non-hydrogen) atoms. The maximum Gasteiger partial charge on any atom is 0.152 e. The molecule has 0 atom stereocenters. The molecule has 0 amide bonds. The molecule has 0 saturated carbocycles. The second kappa shape index (κ2) is 7.26. The Labute approximate surface area is 68.8 Å². The third-order valence-corrected chi connectivity index (χ3v) is 1.33. The van der Waals surface area contributed by atoms with Crippen molar-refractivity contribution in [1.29, 1.82) is 0 Å². The van der Waals surface area contributed by atoms with Gasteiger partial charge in [-0.25, -0.2) is 0 Å². The molecule has 1 heteroatoms. The summed E-state index contributed by atoms with van der Waals surface area (Å²) in [6.45, 7) is 3.59. The Morgan fingerprint density at radius 3 is 2.45 bits per heavy atom. The van der Waals surface area contributed by atoms with Gasteiger partial charge >= 0.3 is 0 Å². The molecule has 0 aromatic carbocycles. The van der Waals surface area contributed by atoms with Crippen molar-refractivity contribution in [3.8, 4) is 0 Å². The van der Waals surface area contributed by atoms with E-state index in [1.165, 1.54) is 0 Å². The molecule has 0 bridgehead atoms. The van der Waals surface area contributed by atoms with Crippen LogP contribution in [0.2, 0.25) is 0 Å². The van der Waals surface area contributed by atoms with Gasteiger partial charge in [0.25, 0.3) is 0 Å². The molecular formula is C10H16O. The van der Waals surface area contributed by atoms with Crippen LogP contribution in [0, 0.1) is 0 Å². The van der Waals surface area contributed by atoms with E-state index < -0.39 is 0 Å². The molecule has 0 N–H and O–H groups in total. The van der Waals surface area contributed by atoms with Gasteiger partial charge in [0.2, 0.25) is 0 Å². The number of allylic oxidation sites excluding steroid dienone is 4. The number of unbranched alkanes of at least 4 members (excludes halogenated alkanes) is 2. The predicted molar refractivity (Wildman–Crippen MR) is 48.5 cm³/mol. The van der Waals surface area contributed by atoms with Gasteiger partial charge in [-0.05, 0) is 39.2 Å². The van der Waals surface area contributed by atoms with E-state index in [9.17, 15) is 4.79 Å². The second-order valence-electron chi connectivity index (χ2n) is 2.51. The van der Waals surface area contributed by atoms with Gasteiger partial charge in [0.15, 0.2) is 5.78 Å². The summed E-state index contributed by atoms with van der Waals surface area (Å²) >= 11 is 0. The zero-order valence-electron chi connectivity index (χ0n) is 7.34. The Kier molecular flexibility index (Phi) is 6.70. The lowest BCUT2D eigenvalue weighted by molar-refractivity contribution is -0.112. The summed E-state index contributed by atoms with van der Waals surface area (Å²) in [5, 5.41) is 0. The van der Waals surface area contributed by atoms with Crippen LogP contribution in [-0.4, -0.2) is 5.78 Å². The lowest BCUT2D eigenvalue weighted by Crippen LogP contribution is -1.79. The highest BCUT2D eigenvalue weighted by Gasteiger charge is 1.82. The van der Waals surface area contributed by atoms with E-state index >= 15 is 0 Å². The molecule has 0 aliphatic rings. The standard InChI is InChI=1S/C10H16O/c1-3-4-5-6-7-8-9-10(2)11/h3-4,8-9H,5-7H2,1-2H3/b4-3+,9-8+. The molecule has 0 saturated heterocycles. The van der Waals surface area contributed by atoms with E-state index in [0.717, 1.165) is 19.3 Å². The van der Waals surface area contributed by atoms with Crippen molar-refractivity contribution in [2.75, 3.05) is 0 Å². The number of ketones is 1. The summed E-state index contributed by atoms with van der Waals surface area (Å²) in [6.07, 6.45) is 11.0. The van der Waals surface area contributed by atoms with Crippen molar-refractivity contribution in [3.05, 3.63) is 24.3 Å². The summed E-state index contributed by atoms with van der Waals surface area (Å²) in [6, 6.07) is 0. The molecule has 0 unspecified atom stereocenters. The van der Waals surface area contributed by atoms with Gasteiger partial charge in [-0.2, -0.15) is 0 Å². The molecule has 1 nitrogen and oxygen atoms in total. The maximum absolute atomic E-state index is 10.4. The van der Waals surface area contributed by atoms with Crippen LogP contribution in [-0.2, 0) is 4.79 Å². The van der Waals surface area contributed by atoms with Gasteiger partial charge in [-0.15, -0.1) is 0 Å². The predicted octanol–water partition coefficient (Wildman–Crippen LogP) is 2.88. The smallest absolute Gasteiger partial charge is 0.152 e. The van der Waals surface area contributed by atoms with Crippen molar-refractivity contribution >= 4 is 5.78 Å².